The topological polar surface area (TPSA) is 67.2 Å². The van der Waals surface area contributed by atoms with Crippen LogP contribution >= 0.6 is 22.9 Å². The Kier molecular flexibility index (Phi) is 6.19. The molecule has 0 radical (unpaired) electrons. The van der Waals surface area contributed by atoms with E-state index in [1.807, 2.05) is 38.1 Å². The summed E-state index contributed by atoms with van der Waals surface area (Å²) >= 11 is 7.83. The zero-order valence-corrected chi connectivity index (χ0v) is 19.9. The molecule has 6 nitrogen and oxygen atoms in total. The summed E-state index contributed by atoms with van der Waals surface area (Å²) in [4.78, 5) is 35.7. The van der Waals surface area contributed by atoms with E-state index >= 15 is 0 Å². The summed E-state index contributed by atoms with van der Waals surface area (Å²) in [6, 6.07) is 4.68. The third-order valence-electron chi connectivity index (χ3n) is 5.76. The highest BCUT2D eigenvalue weighted by atomic mass is 35.5. The van der Waals surface area contributed by atoms with Crippen LogP contribution in [0.1, 0.15) is 47.6 Å². The highest BCUT2D eigenvalue weighted by Gasteiger charge is 2.26. The number of hydrogen-bond acceptors (Lipinski definition) is 5. The maximum Gasteiger partial charge on any atom is 0.263 e. The van der Waals surface area contributed by atoms with Crippen LogP contribution in [0.2, 0.25) is 5.02 Å². The van der Waals surface area contributed by atoms with Crippen molar-refractivity contribution in [1.29, 1.82) is 0 Å². The number of amides is 1. The van der Waals surface area contributed by atoms with Crippen LogP contribution in [0.25, 0.3) is 10.2 Å². The number of hydrogen-bond donors (Lipinski definition) is 1. The SMILES string of the molecule is Cc1ccc(NC(=O)C(C)n2c(CN(C)C)nc3sc4c(c3c2=O)CCCC4)cc1Cl. The Hall–Kier alpha value is -2.22. The molecule has 0 saturated carbocycles. The molecule has 0 bridgehead atoms. The minimum atomic E-state index is -0.710. The number of nitrogens with one attached hydrogen (secondary N) is 1. The van der Waals surface area contributed by atoms with Crippen molar-refractivity contribution in [3.8, 4) is 0 Å². The van der Waals surface area contributed by atoms with Gasteiger partial charge in [0.2, 0.25) is 5.91 Å². The maximum absolute atomic E-state index is 13.7. The fourth-order valence-electron chi connectivity index (χ4n) is 4.09. The van der Waals surface area contributed by atoms with Crippen molar-refractivity contribution < 1.29 is 4.79 Å². The van der Waals surface area contributed by atoms with Crippen molar-refractivity contribution in [2.75, 3.05) is 19.4 Å². The van der Waals surface area contributed by atoms with E-state index in [0.29, 0.717) is 28.5 Å². The first kappa shape index (κ1) is 22.0. The third kappa shape index (κ3) is 4.27. The van der Waals surface area contributed by atoms with Gasteiger partial charge in [0.1, 0.15) is 16.7 Å². The number of fused-ring (bicyclic) bond motifs is 3. The monoisotopic (exact) mass is 458 g/mol. The van der Waals surface area contributed by atoms with E-state index in [0.717, 1.165) is 41.6 Å². The molecule has 8 heteroatoms. The number of nitrogens with zero attached hydrogens (tertiary/aromatic N) is 3. The Bertz CT molecular complexity index is 1210. The zero-order chi connectivity index (χ0) is 22.3. The number of aryl methyl sites for hydroxylation is 3. The summed E-state index contributed by atoms with van der Waals surface area (Å²) in [5, 5.41) is 4.18. The molecule has 1 aliphatic carbocycles. The summed E-state index contributed by atoms with van der Waals surface area (Å²) in [6.45, 7) is 4.13. The number of rotatable bonds is 5. The fourth-order valence-corrected chi connectivity index (χ4v) is 5.54. The van der Waals surface area contributed by atoms with E-state index < -0.39 is 6.04 Å². The van der Waals surface area contributed by atoms with Gasteiger partial charge < -0.3 is 10.2 Å². The van der Waals surface area contributed by atoms with Crippen LogP contribution in [0.15, 0.2) is 23.0 Å². The van der Waals surface area contributed by atoms with Crippen molar-refractivity contribution in [1.82, 2.24) is 14.5 Å². The van der Waals surface area contributed by atoms with Crippen molar-refractivity contribution >= 4 is 44.7 Å². The summed E-state index contributed by atoms with van der Waals surface area (Å²) in [5.41, 5.74) is 2.56. The van der Waals surface area contributed by atoms with Gasteiger partial charge in [-0.1, -0.05) is 17.7 Å². The number of anilines is 1. The summed E-state index contributed by atoms with van der Waals surface area (Å²) < 4.78 is 1.56. The molecule has 1 aromatic carbocycles. The van der Waals surface area contributed by atoms with Crippen molar-refractivity contribution in [3.05, 3.63) is 55.4 Å². The van der Waals surface area contributed by atoms with Gasteiger partial charge in [-0.2, -0.15) is 0 Å². The Morgan fingerprint density at radius 3 is 2.77 bits per heavy atom. The second kappa shape index (κ2) is 8.73. The number of thiophene rings is 1. The van der Waals surface area contributed by atoms with Gasteiger partial charge in [-0.25, -0.2) is 4.98 Å². The van der Waals surface area contributed by atoms with E-state index in [1.165, 1.54) is 4.88 Å². The van der Waals surface area contributed by atoms with Gasteiger partial charge in [-0.3, -0.25) is 14.2 Å². The summed E-state index contributed by atoms with van der Waals surface area (Å²) in [6.07, 6.45) is 4.14. The lowest BCUT2D eigenvalue weighted by Gasteiger charge is -2.21. The van der Waals surface area contributed by atoms with Gasteiger partial charge in [-0.05, 0) is 76.9 Å². The van der Waals surface area contributed by atoms with Gasteiger partial charge in [-0.15, -0.1) is 11.3 Å². The third-order valence-corrected chi connectivity index (χ3v) is 7.35. The highest BCUT2D eigenvalue weighted by Crippen LogP contribution is 2.34. The number of benzene rings is 1. The average molecular weight is 459 g/mol. The molecule has 0 fully saturated rings. The molecule has 0 saturated heterocycles. The van der Waals surface area contributed by atoms with E-state index in [2.05, 4.69) is 5.32 Å². The van der Waals surface area contributed by atoms with Crippen LogP contribution in [-0.2, 0) is 24.2 Å². The molecular weight excluding hydrogens is 432 g/mol. The first-order valence-electron chi connectivity index (χ1n) is 10.5. The Morgan fingerprint density at radius 1 is 1.32 bits per heavy atom. The highest BCUT2D eigenvalue weighted by molar-refractivity contribution is 7.18. The van der Waals surface area contributed by atoms with E-state index in [-0.39, 0.29) is 11.5 Å². The average Bonchev–Trinajstić information content (AvgIpc) is 3.08. The van der Waals surface area contributed by atoms with Gasteiger partial charge >= 0.3 is 0 Å². The molecule has 164 valence electrons. The molecule has 31 heavy (non-hydrogen) atoms. The van der Waals surface area contributed by atoms with Gasteiger partial charge in [0.25, 0.3) is 5.56 Å². The molecular formula is C23H27ClN4O2S. The smallest absolute Gasteiger partial charge is 0.263 e. The number of carbonyl (C=O) groups is 1. The lowest BCUT2D eigenvalue weighted by Crippen LogP contribution is -2.36. The zero-order valence-electron chi connectivity index (χ0n) is 18.3. The normalized spacial score (nSPS) is 14.6. The molecule has 4 rings (SSSR count). The van der Waals surface area contributed by atoms with Crippen molar-refractivity contribution in [2.45, 2.75) is 52.1 Å². The number of halogens is 1. The van der Waals surface area contributed by atoms with Gasteiger partial charge in [0.05, 0.1) is 11.9 Å². The number of aromatic nitrogens is 2. The second-order valence-electron chi connectivity index (χ2n) is 8.46. The Labute approximate surface area is 190 Å². The molecule has 1 atom stereocenters. The maximum atomic E-state index is 13.7. The molecule has 0 spiro atoms. The standard InChI is InChI=1S/C23H27ClN4O2S/c1-13-9-10-15(11-17(13)24)25-21(29)14(2)28-19(12-27(3)4)26-22-20(23(28)30)16-7-5-6-8-18(16)31-22/h9-11,14H,5-8,12H2,1-4H3,(H,25,29). The number of carbonyl (C=O) groups excluding carboxylic acids is 1. The quantitative estimate of drug-likeness (QED) is 0.608. The summed E-state index contributed by atoms with van der Waals surface area (Å²) in [7, 11) is 3.86. The van der Waals surface area contributed by atoms with Crippen LogP contribution in [0, 0.1) is 6.92 Å². The van der Waals surface area contributed by atoms with Crippen molar-refractivity contribution in [3.63, 3.8) is 0 Å². The minimum absolute atomic E-state index is 0.120. The van der Waals surface area contributed by atoms with Gasteiger partial charge in [0.15, 0.2) is 0 Å². The van der Waals surface area contributed by atoms with E-state index in [1.54, 1.807) is 28.9 Å². The molecule has 0 aliphatic heterocycles. The lowest BCUT2D eigenvalue weighted by atomic mass is 9.97. The van der Waals surface area contributed by atoms with Gasteiger partial charge in [0, 0.05) is 15.6 Å². The van der Waals surface area contributed by atoms with Crippen LogP contribution in [0.3, 0.4) is 0 Å². The van der Waals surface area contributed by atoms with Crippen LogP contribution < -0.4 is 10.9 Å². The first-order valence-corrected chi connectivity index (χ1v) is 11.7. The second-order valence-corrected chi connectivity index (χ2v) is 9.95. The molecule has 2 aromatic heterocycles. The van der Waals surface area contributed by atoms with Crippen LogP contribution in [0.4, 0.5) is 5.69 Å². The molecule has 1 N–H and O–H groups in total. The first-order chi connectivity index (χ1) is 14.8. The fraction of sp³-hybridized carbons (Fsp3) is 0.435. The Morgan fingerprint density at radius 2 is 2.06 bits per heavy atom. The minimum Gasteiger partial charge on any atom is -0.324 e. The predicted octanol–water partition coefficient (Wildman–Crippen LogP) is 4.56. The largest absolute Gasteiger partial charge is 0.324 e. The molecule has 1 aliphatic rings. The Balaban J connectivity index is 1.78. The molecule has 1 amide bonds. The molecule has 2 heterocycles. The predicted molar refractivity (Wildman–Crippen MR) is 127 cm³/mol. The van der Waals surface area contributed by atoms with E-state index in [9.17, 15) is 9.59 Å². The van der Waals surface area contributed by atoms with Crippen LogP contribution in [-0.4, -0.2) is 34.5 Å². The molecule has 1 unspecified atom stereocenters. The van der Waals surface area contributed by atoms with Crippen molar-refractivity contribution in [2.24, 2.45) is 0 Å². The van der Waals surface area contributed by atoms with Crippen LogP contribution in [0.5, 0.6) is 0 Å². The molecule has 3 aromatic rings. The lowest BCUT2D eigenvalue weighted by molar-refractivity contribution is -0.119. The van der Waals surface area contributed by atoms with E-state index in [4.69, 9.17) is 16.6 Å². The summed E-state index contributed by atoms with van der Waals surface area (Å²) in [5.74, 6) is 0.331.